The van der Waals surface area contributed by atoms with Crippen LogP contribution in [0.1, 0.15) is 37.4 Å². The number of hydrogen-bond acceptors (Lipinski definition) is 6. The van der Waals surface area contributed by atoms with Gasteiger partial charge in [0.25, 0.3) is 11.7 Å². The van der Waals surface area contributed by atoms with Gasteiger partial charge in [0.1, 0.15) is 17.3 Å². The van der Waals surface area contributed by atoms with Crippen LogP contribution in [0.15, 0.2) is 54.1 Å². The molecule has 0 radical (unpaired) electrons. The van der Waals surface area contributed by atoms with Crippen LogP contribution in [-0.2, 0) is 9.59 Å². The lowest BCUT2D eigenvalue weighted by Gasteiger charge is -2.27. The first-order valence-electron chi connectivity index (χ1n) is 11.2. The van der Waals surface area contributed by atoms with Crippen molar-refractivity contribution in [1.29, 1.82) is 0 Å². The molecule has 1 amide bonds. The second-order valence-electron chi connectivity index (χ2n) is 7.88. The predicted octanol–water partition coefficient (Wildman–Crippen LogP) is 3.86. The lowest BCUT2D eigenvalue weighted by molar-refractivity contribution is -0.140. The van der Waals surface area contributed by atoms with Gasteiger partial charge in [0, 0.05) is 12.1 Å². The average Bonchev–Trinajstić information content (AvgIpc) is 3.11. The minimum atomic E-state index is -0.706. The van der Waals surface area contributed by atoms with E-state index >= 15 is 0 Å². The number of ether oxygens (including phenoxy) is 2. The van der Waals surface area contributed by atoms with E-state index < -0.39 is 17.7 Å². The molecule has 1 N–H and O–H groups in total. The molecule has 0 bridgehead atoms. The van der Waals surface area contributed by atoms with Gasteiger partial charge in [-0.3, -0.25) is 9.59 Å². The molecule has 7 heteroatoms. The summed E-state index contributed by atoms with van der Waals surface area (Å²) < 4.78 is 10.6. The van der Waals surface area contributed by atoms with Gasteiger partial charge in [0.2, 0.25) is 0 Å². The zero-order valence-electron chi connectivity index (χ0n) is 19.7. The molecular formula is C26H32N2O5. The standard InChI is InChI=1S/C26H32N2O5/c1-5-27(6-2)14-9-15-28-23(18-10-7-12-20(16-18)32-3)22(25(30)26(28)31)24(29)19-11-8-13-21(17-19)33-4/h7-8,10-13,16-17,23,29H,5-6,9,14-15H2,1-4H3/b24-22-. The molecule has 1 atom stereocenters. The van der Waals surface area contributed by atoms with E-state index in [9.17, 15) is 14.7 Å². The number of Topliss-reactive ketones (excluding diaryl/α,β-unsaturated/α-hetero) is 1. The van der Waals surface area contributed by atoms with Gasteiger partial charge in [-0.25, -0.2) is 0 Å². The van der Waals surface area contributed by atoms with E-state index in [1.54, 1.807) is 48.4 Å². The van der Waals surface area contributed by atoms with Crippen molar-refractivity contribution >= 4 is 17.4 Å². The van der Waals surface area contributed by atoms with Crippen LogP contribution in [0.4, 0.5) is 0 Å². The fourth-order valence-corrected chi connectivity index (χ4v) is 4.20. The number of methoxy groups -OCH3 is 2. The maximum atomic E-state index is 13.2. The van der Waals surface area contributed by atoms with Crippen molar-refractivity contribution < 1.29 is 24.2 Å². The number of rotatable bonds is 10. The Kier molecular flexibility index (Phi) is 8.11. The van der Waals surface area contributed by atoms with Crippen LogP contribution in [-0.4, -0.2) is 67.0 Å². The molecule has 1 unspecified atom stereocenters. The molecule has 2 aromatic rings. The summed E-state index contributed by atoms with van der Waals surface area (Å²) in [5.41, 5.74) is 1.20. The number of benzene rings is 2. The van der Waals surface area contributed by atoms with Crippen LogP contribution in [0.2, 0.25) is 0 Å². The highest BCUT2D eigenvalue weighted by atomic mass is 16.5. The van der Waals surface area contributed by atoms with Gasteiger partial charge in [0.15, 0.2) is 0 Å². The summed E-state index contributed by atoms with van der Waals surface area (Å²) in [6.45, 7) is 7.25. The SMILES string of the molecule is CCN(CC)CCCN1C(=O)C(=O)/C(=C(\O)c2cccc(OC)c2)C1c1cccc(OC)c1. The molecule has 0 saturated carbocycles. The van der Waals surface area contributed by atoms with Crippen LogP contribution in [0.3, 0.4) is 0 Å². The number of likely N-dealkylation sites (tertiary alicyclic amines) is 1. The molecule has 1 fully saturated rings. The minimum absolute atomic E-state index is 0.0735. The topological polar surface area (TPSA) is 79.3 Å². The zero-order valence-corrected chi connectivity index (χ0v) is 19.7. The van der Waals surface area contributed by atoms with E-state index in [-0.39, 0.29) is 11.3 Å². The summed E-state index contributed by atoms with van der Waals surface area (Å²) in [6, 6.07) is 13.4. The molecule has 1 aliphatic rings. The van der Waals surface area contributed by atoms with Gasteiger partial charge in [-0.05, 0) is 55.9 Å². The number of carbonyl (C=O) groups is 2. The Balaban J connectivity index is 2.06. The Labute approximate surface area is 195 Å². The Morgan fingerprint density at radius 1 is 1.00 bits per heavy atom. The molecule has 176 valence electrons. The molecule has 2 aromatic carbocycles. The van der Waals surface area contributed by atoms with Gasteiger partial charge in [0.05, 0.1) is 25.8 Å². The molecule has 1 heterocycles. The number of hydrogen-bond donors (Lipinski definition) is 1. The lowest BCUT2D eigenvalue weighted by Crippen LogP contribution is -2.33. The molecule has 7 nitrogen and oxygen atoms in total. The molecule has 0 aromatic heterocycles. The third-order valence-electron chi connectivity index (χ3n) is 6.06. The van der Waals surface area contributed by atoms with E-state index in [4.69, 9.17) is 9.47 Å². The van der Waals surface area contributed by atoms with Crippen molar-refractivity contribution in [3.05, 3.63) is 65.2 Å². The maximum Gasteiger partial charge on any atom is 0.295 e. The van der Waals surface area contributed by atoms with Crippen molar-refractivity contribution in [3.8, 4) is 11.5 Å². The van der Waals surface area contributed by atoms with E-state index in [0.717, 1.165) is 19.6 Å². The third kappa shape index (κ3) is 5.20. The van der Waals surface area contributed by atoms with Gasteiger partial charge in [-0.2, -0.15) is 0 Å². The Morgan fingerprint density at radius 3 is 2.27 bits per heavy atom. The second kappa shape index (κ2) is 11.0. The first-order chi connectivity index (χ1) is 15.9. The van der Waals surface area contributed by atoms with Crippen molar-refractivity contribution in [2.75, 3.05) is 40.4 Å². The van der Waals surface area contributed by atoms with E-state index in [1.165, 1.54) is 7.11 Å². The van der Waals surface area contributed by atoms with Crippen LogP contribution in [0, 0.1) is 0 Å². The molecule has 3 rings (SSSR count). The second-order valence-corrected chi connectivity index (χ2v) is 7.88. The summed E-state index contributed by atoms with van der Waals surface area (Å²) >= 11 is 0. The number of carbonyl (C=O) groups excluding carboxylic acids is 2. The average molecular weight is 453 g/mol. The number of ketones is 1. The Hall–Kier alpha value is -3.32. The van der Waals surface area contributed by atoms with Crippen molar-refractivity contribution in [1.82, 2.24) is 9.80 Å². The summed E-state index contributed by atoms with van der Waals surface area (Å²) in [5, 5.41) is 11.2. The summed E-state index contributed by atoms with van der Waals surface area (Å²) in [4.78, 5) is 30.1. The number of aliphatic hydroxyl groups excluding tert-OH is 1. The molecular weight excluding hydrogens is 420 g/mol. The van der Waals surface area contributed by atoms with Gasteiger partial charge < -0.3 is 24.4 Å². The molecule has 0 spiro atoms. The lowest BCUT2D eigenvalue weighted by atomic mass is 9.95. The Bertz CT molecular complexity index is 1030. The quantitative estimate of drug-likeness (QED) is 0.335. The molecule has 1 saturated heterocycles. The smallest absolute Gasteiger partial charge is 0.295 e. The minimum Gasteiger partial charge on any atom is -0.507 e. The van der Waals surface area contributed by atoms with Crippen LogP contribution in [0.25, 0.3) is 5.76 Å². The maximum absolute atomic E-state index is 13.2. The highest BCUT2D eigenvalue weighted by Crippen LogP contribution is 2.40. The van der Waals surface area contributed by atoms with Gasteiger partial charge in [-0.15, -0.1) is 0 Å². The highest BCUT2D eigenvalue weighted by Gasteiger charge is 2.45. The number of nitrogens with zero attached hydrogens (tertiary/aromatic N) is 2. The number of aliphatic hydroxyl groups is 1. The summed E-state index contributed by atoms with van der Waals surface area (Å²) in [5.74, 6) is -0.350. The van der Waals surface area contributed by atoms with Crippen molar-refractivity contribution in [2.45, 2.75) is 26.3 Å². The van der Waals surface area contributed by atoms with Gasteiger partial charge in [-0.1, -0.05) is 38.1 Å². The highest BCUT2D eigenvalue weighted by molar-refractivity contribution is 6.46. The third-order valence-corrected chi connectivity index (χ3v) is 6.06. The zero-order chi connectivity index (χ0) is 24.0. The number of amides is 1. The predicted molar refractivity (Wildman–Crippen MR) is 127 cm³/mol. The first-order valence-corrected chi connectivity index (χ1v) is 11.2. The summed E-state index contributed by atoms with van der Waals surface area (Å²) in [7, 11) is 3.10. The Morgan fingerprint density at radius 2 is 1.64 bits per heavy atom. The van der Waals surface area contributed by atoms with Crippen LogP contribution >= 0.6 is 0 Å². The van der Waals surface area contributed by atoms with Crippen LogP contribution < -0.4 is 9.47 Å². The molecule has 33 heavy (non-hydrogen) atoms. The van der Waals surface area contributed by atoms with E-state index in [2.05, 4.69) is 18.7 Å². The fourth-order valence-electron chi connectivity index (χ4n) is 4.20. The van der Waals surface area contributed by atoms with Crippen molar-refractivity contribution in [3.63, 3.8) is 0 Å². The van der Waals surface area contributed by atoms with Crippen LogP contribution in [0.5, 0.6) is 11.5 Å². The van der Waals surface area contributed by atoms with Gasteiger partial charge >= 0.3 is 0 Å². The molecule has 0 aliphatic carbocycles. The van der Waals surface area contributed by atoms with Crippen molar-refractivity contribution in [2.24, 2.45) is 0 Å². The molecule has 1 aliphatic heterocycles. The fraction of sp³-hybridized carbons (Fsp3) is 0.385. The monoisotopic (exact) mass is 452 g/mol. The normalized spacial score (nSPS) is 17.6. The van der Waals surface area contributed by atoms with E-state index in [0.29, 0.717) is 35.6 Å². The van der Waals surface area contributed by atoms with E-state index in [1.807, 2.05) is 12.1 Å². The first kappa shape index (κ1) is 24.3. The summed E-state index contributed by atoms with van der Waals surface area (Å²) in [6.07, 6.45) is 0.717. The largest absolute Gasteiger partial charge is 0.507 e.